The lowest BCUT2D eigenvalue weighted by Crippen LogP contribution is -2.13. The average Bonchev–Trinajstić information content (AvgIpc) is 2.25. The van der Waals surface area contributed by atoms with Crippen LogP contribution in [0, 0.1) is 0 Å². The lowest BCUT2D eigenvalue weighted by molar-refractivity contribution is 0.597. The molecule has 1 aliphatic rings. The fraction of sp³-hybridized carbons (Fsp3) is 0.714. The summed E-state index contributed by atoms with van der Waals surface area (Å²) in [6.07, 6.45) is 4.98. The maximum atomic E-state index is 11.2. The van der Waals surface area contributed by atoms with E-state index in [1.165, 1.54) is 0 Å². The Morgan fingerprint density at radius 3 is 2.73 bits per heavy atom. The molecule has 11 heavy (non-hydrogen) atoms. The molecule has 0 aromatic heterocycles. The van der Waals surface area contributed by atoms with Crippen LogP contribution >= 0.6 is 0 Å². The Kier molecular flexibility index (Phi) is 2.67. The SMILES string of the molecule is NC/C=C\C1CCCS1(=O)=O. The first-order chi connectivity index (χ1) is 5.17. The normalized spacial score (nSPS) is 29.7. The molecule has 0 spiro atoms. The van der Waals surface area contributed by atoms with Crippen LogP contribution in [0.2, 0.25) is 0 Å². The molecule has 1 saturated heterocycles. The van der Waals surface area contributed by atoms with Crippen molar-refractivity contribution in [3.63, 3.8) is 0 Å². The highest BCUT2D eigenvalue weighted by Gasteiger charge is 2.28. The molecule has 0 amide bonds. The van der Waals surface area contributed by atoms with Gasteiger partial charge in [-0.3, -0.25) is 0 Å². The van der Waals surface area contributed by atoms with Gasteiger partial charge in [0, 0.05) is 6.54 Å². The van der Waals surface area contributed by atoms with Crippen molar-refractivity contribution >= 4 is 9.84 Å². The second kappa shape index (κ2) is 3.36. The van der Waals surface area contributed by atoms with E-state index in [1.807, 2.05) is 0 Å². The molecule has 4 heteroatoms. The number of hydrogen-bond acceptors (Lipinski definition) is 3. The first-order valence-electron chi connectivity index (χ1n) is 3.75. The molecule has 1 aliphatic heterocycles. The van der Waals surface area contributed by atoms with Crippen molar-refractivity contribution < 1.29 is 8.42 Å². The minimum Gasteiger partial charge on any atom is -0.327 e. The highest BCUT2D eigenvalue weighted by molar-refractivity contribution is 7.92. The van der Waals surface area contributed by atoms with Gasteiger partial charge in [0.25, 0.3) is 0 Å². The van der Waals surface area contributed by atoms with Crippen molar-refractivity contribution in [2.75, 3.05) is 12.3 Å². The monoisotopic (exact) mass is 175 g/mol. The third-order valence-electron chi connectivity index (χ3n) is 1.87. The molecule has 0 saturated carbocycles. The molecule has 1 unspecified atom stereocenters. The molecule has 1 atom stereocenters. The van der Waals surface area contributed by atoms with Crippen LogP contribution in [0.25, 0.3) is 0 Å². The van der Waals surface area contributed by atoms with Crippen LogP contribution < -0.4 is 5.73 Å². The Hall–Kier alpha value is -0.350. The molecule has 1 rings (SSSR count). The van der Waals surface area contributed by atoms with Gasteiger partial charge in [0.05, 0.1) is 11.0 Å². The molecule has 64 valence electrons. The summed E-state index contributed by atoms with van der Waals surface area (Å²) >= 11 is 0. The largest absolute Gasteiger partial charge is 0.327 e. The topological polar surface area (TPSA) is 60.2 Å². The predicted octanol–water partition coefficient (Wildman–Crippen LogP) is 0.0785. The molecule has 1 heterocycles. The van der Waals surface area contributed by atoms with E-state index in [-0.39, 0.29) is 5.25 Å². The van der Waals surface area contributed by atoms with E-state index in [1.54, 1.807) is 12.2 Å². The summed E-state index contributed by atoms with van der Waals surface area (Å²) in [5, 5.41) is -0.258. The van der Waals surface area contributed by atoms with Crippen molar-refractivity contribution in [3.8, 4) is 0 Å². The summed E-state index contributed by atoms with van der Waals surface area (Å²) in [6, 6.07) is 0. The van der Waals surface area contributed by atoms with Crippen LogP contribution in [0.5, 0.6) is 0 Å². The molecule has 3 nitrogen and oxygen atoms in total. The highest BCUT2D eigenvalue weighted by Crippen LogP contribution is 2.20. The highest BCUT2D eigenvalue weighted by atomic mass is 32.2. The Labute approximate surface area is 67.2 Å². The lowest BCUT2D eigenvalue weighted by Gasteiger charge is -2.00. The standard InChI is InChI=1S/C7H13NO2S/c8-5-1-3-7-4-2-6-11(7,9)10/h1,3,7H,2,4-6,8H2/b3-1-. The summed E-state index contributed by atoms with van der Waals surface area (Å²) in [5.74, 6) is 0.340. The summed E-state index contributed by atoms with van der Waals surface area (Å²) in [7, 11) is -2.80. The molecular formula is C7H13NO2S. The van der Waals surface area contributed by atoms with Gasteiger partial charge >= 0.3 is 0 Å². The van der Waals surface area contributed by atoms with Gasteiger partial charge in [0.15, 0.2) is 9.84 Å². The minimum atomic E-state index is -2.80. The quantitative estimate of drug-likeness (QED) is 0.604. The summed E-state index contributed by atoms with van der Waals surface area (Å²) in [5.41, 5.74) is 5.21. The van der Waals surface area contributed by atoms with Crippen molar-refractivity contribution in [2.24, 2.45) is 5.73 Å². The molecule has 0 radical (unpaired) electrons. The van der Waals surface area contributed by atoms with Gasteiger partial charge in [0.2, 0.25) is 0 Å². The van der Waals surface area contributed by atoms with Crippen LogP contribution in [0.3, 0.4) is 0 Å². The fourth-order valence-electron chi connectivity index (χ4n) is 1.26. The van der Waals surface area contributed by atoms with Crippen molar-refractivity contribution in [1.29, 1.82) is 0 Å². The van der Waals surface area contributed by atoms with E-state index in [9.17, 15) is 8.42 Å². The van der Waals surface area contributed by atoms with Crippen LogP contribution in [0.15, 0.2) is 12.2 Å². The van der Waals surface area contributed by atoms with E-state index in [2.05, 4.69) is 0 Å². The third kappa shape index (κ3) is 2.04. The van der Waals surface area contributed by atoms with Gasteiger partial charge in [-0.1, -0.05) is 12.2 Å². The zero-order valence-corrected chi connectivity index (χ0v) is 7.18. The Balaban J connectivity index is 2.66. The summed E-state index contributed by atoms with van der Waals surface area (Å²) in [6.45, 7) is 0.423. The second-order valence-corrected chi connectivity index (χ2v) is 5.05. The van der Waals surface area contributed by atoms with E-state index < -0.39 is 9.84 Å². The average molecular weight is 175 g/mol. The van der Waals surface area contributed by atoms with Gasteiger partial charge in [0.1, 0.15) is 0 Å². The van der Waals surface area contributed by atoms with Gasteiger partial charge < -0.3 is 5.73 Å². The Bertz CT molecular complexity index is 243. The Morgan fingerprint density at radius 1 is 1.55 bits per heavy atom. The number of sulfone groups is 1. The summed E-state index contributed by atoms with van der Waals surface area (Å²) in [4.78, 5) is 0. The number of rotatable bonds is 2. The van der Waals surface area contributed by atoms with Crippen molar-refractivity contribution in [3.05, 3.63) is 12.2 Å². The van der Waals surface area contributed by atoms with Gasteiger partial charge in [-0.15, -0.1) is 0 Å². The molecule has 0 aromatic rings. The zero-order valence-electron chi connectivity index (χ0n) is 6.36. The smallest absolute Gasteiger partial charge is 0.156 e. The third-order valence-corrected chi connectivity index (χ3v) is 4.04. The van der Waals surface area contributed by atoms with Crippen molar-refractivity contribution in [2.45, 2.75) is 18.1 Å². The van der Waals surface area contributed by atoms with Crippen molar-refractivity contribution in [1.82, 2.24) is 0 Å². The minimum absolute atomic E-state index is 0.258. The predicted molar refractivity (Wildman–Crippen MR) is 45.0 cm³/mol. The lowest BCUT2D eigenvalue weighted by atomic mass is 10.2. The zero-order chi connectivity index (χ0) is 8.32. The number of nitrogens with two attached hydrogens (primary N) is 1. The van der Waals surface area contributed by atoms with E-state index in [0.717, 1.165) is 12.8 Å². The van der Waals surface area contributed by atoms with Crippen LogP contribution in [0.4, 0.5) is 0 Å². The molecule has 2 N–H and O–H groups in total. The molecular weight excluding hydrogens is 162 g/mol. The van der Waals surface area contributed by atoms with Gasteiger partial charge in [-0.05, 0) is 12.8 Å². The summed E-state index contributed by atoms with van der Waals surface area (Å²) < 4.78 is 22.4. The molecule has 0 aliphatic carbocycles. The first kappa shape index (κ1) is 8.74. The molecule has 0 bridgehead atoms. The maximum absolute atomic E-state index is 11.2. The second-order valence-electron chi connectivity index (χ2n) is 2.71. The van der Waals surface area contributed by atoms with E-state index in [4.69, 9.17) is 5.73 Å². The molecule has 0 aromatic carbocycles. The van der Waals surface area contributed by atoms with E-state index in [0.29, 0.717) is 12.3 Å². The Morgan fingerprint density at radius 2 is 2.27 bits per heavy atom. The van der Waals surface area contributed by atoms with Crippen LogP contribution in [0.1, 0.15) is 12.8 Å². The van der Waals surface area contributed by atoms with Gasteiger partial charge in [-0.2, -0.15) is 0 Å². The van der Waals surface area contributed by atoms with Crippen LogP contribution in [-0.2, 0) is 9.84 Å². The van der Waals surface area contributed by atoms with Gasteiger partial charge in [-0.25, -0.2) is 8.42 Å². The van der Waals surface area contributed by atoms with Crippen LogP contribution in [-0.4, -0.2) is 26.0 Å². The number of hydrogen-bond donors (Lipinski definition) is 1. The molecule has 1 fully saturated rings. The van der Waals surface area contributed by atoms with E-state index >= 15 is 0 Å². The maximum Gasteiger partial charge on any atom is 0.156 e. The first-order valence-corrected chi connectivity index (χ1v) is 5.46. The fourth-order valence-corrected chi connectivity index (χ4v) is 3.01.